The van der Waals surface area contributed by atoms with Crippen LogP contribution in [0, 0.1) is 11.6 Å². The molecule has 6 rings (SSSR count). The molecule has 244 valence electrons. The second-order valence-corrected chi connectivity index (χ2v) is 14.7. The maximum Gasteiger partial charge on any atom is 0.335 e. The minimum absolute atomic E-state index is 0.0353. The van der Waals surface area contributed by atoms with Gasteiger partial charge in [0.05, 0.1) is 11.7 Å². The maximum absolute atomic E-state index is 15.0. The summed E-state index contributed by atoms with van der Waals surface area (Å²) in [5.74, 6) is -14.9. The first-order chi connectivity index (χ1) is 21.9. The lowest BCUT2D eigenvalue weighted by molar-refractivity contribution is -0.204. The van der Waals surface area contributed by atoms with Crippen LogP contribution in [0.25, 0.3) is 52.8 Å². The number of aromatic nitrogens is 2. The molecule has 47 heavy (non-hydrogen) atoms. The van der Waals surface area contributed by atoms with Crippen molar-refractivity contribution in [3.63, 3.8) is 0 Å². The summed E-state index contributed by atoms with van der Waals surface area (Å²) in [4.78, 5) is 2.15. The van der Waals surface area contributed by atoms with Gasteiger partial charge >= 0.3 is 17.8 Å². The van der Waals surface area contributed by atoms with Crippen molar-refractivity contribution in [3.05, 3.63) is 95.6 Å². The Labute approximate surface area is 276 Å². The summed E-state index contributed by atoms with van der Waals surface area (Å²) in [6.45, 7) is 0.763. The van der Waals surface area contributed by atoms with Crippen molar-refractivity contribution < 1.29 is 39.5 Å². The van der Waals surface area contributed by atoms with E-state index < -0.39 is 45.9 Å². The zero-order valence-corrected chi connectivity index (χ0v) is 27.6. The Hall–Kier alpha value is -3.32. The van der Waals surface area contributed by atoms with Crippen LogP contribution in [0.2, 0.25) is 0 Å². The van der Waals surface area contributed by atoms with Gasteiger partial charge in [0.25, 0.3) is 0 Å². The van der Waals surface area contributed by atoms with E-state index in [9.17, 15) is 35.1 Å². The van der Waals surface area contributed by atoms with Gasteiger partial charge < -0.3 is 0 Å². The molecule has 0 saturated carbocycles. The van der Waals surface area contributed by atoms with Crippen LogP contribution in [-0.2, 0) is 11.8 Å². The van der Waals surface area contributed by atoms with Crippen molar-refractivity contribution in [3.8, 4) is 41.8 Å². The summed E-state index contributed by atoms with van der Waals surface area (Å²) in [7, 11) is 1.43. The van der Waals surface area contributed by atoms with Crippen LogP contribution < -0.4 is 0 Å². The van der Waals surface area contributed by atoms with E-state index in [-0.39, 0.29) is 18.1 Å². The second kappa shape index (κ2) is 11.7. The first-order valence-electron chi connectivity index (χ1n) is 13.6. The fourth-order valence-electron chi connectivity index (χ4n) is 4.88. The van der Waals surface area contributed by atoms with Crippen molar-refractivity contribution in [1.29, 1.82) is 0 Å². The van der Waals surface area contributed by atoms with Gasteiger partial charge in [-0.1, -0.05) is 45.6 Å². The highest BCUT2D eigenvalue weighted by molar-refractivity contribution is 7.19. The lowest BCUT2D eigenvalue weighted by Gasteiger charge is -2.26. The minimum Gasteiger partial charge on any atom is -0.233 e. The van der Waals surface area contributed by atoms with E-state index in [1.54, 1.807) is 36.4 Å². The lowest BCUT2D eigenvalue weighted by Crippen LogP contribution is -2.34. The zero-order valence-electron chi connectivity index (χ0n) is 24.0. The molecule has 0 saturated heterocycles. The van der Waals surface area contributed by atoms with Crippen molar-refractivity contribution in [2.45, 2.75) is 37.0 Å². The Kier molecular flexibility index (Phi) is 8.34. The molecule has 0 aliphatic heterocycles. The number of thiophene rings is 2. The first-order valence-corrected chi connectivity index (χ1v) is 16.5. The Morgan fingerprint density at radius 2 is 0.894 bits per heavy atom. The first kappa shape index (κ1) is 33.6. The average Bonchev–Trinajstić information content (AvgIpc) is 3.77. The quantitative estimate of drug-likeness (QED) is 0.115. The molecule has 2 atom stereocenters. The second-order valence-electron chi connectivity index (χ2n) is 11.0. The number of rotatable bonds is 8. The SMILES string of the molecule is CC(F)(F)C(F)(F)c1ccc(-c2ccc(-c3ccc(-c4ccc(-c5ccc(C(F)(F)C(C)(F)P)cc5F)s4)c4nsnc34)s2)c(F)c1. The third-order valence-corrected chi connectivity index (χ3v) is 10.7. The Balaban J connectivity index is 1.30. The predicted molar refractivity (Wildman–Crippen MR) is 172 cm³/mol. The van der Waals surface area contributed by atoms with Crippen molar-refractivity contribution in [2.24, 2.45) is 0 Å². The average molecular weight is 731 g/mol. The molecule has 0 N–H and O–H groups in total. The molecule has 0 fully saturated rings. The van der Waals surface area contributed by atoms with Crippen LogP contribution in [0.3, 0.4) is 0 Å². The molecule has 0 bridgehead atoms. The molecule has 0 amide bonds. The molecule has 3 heterocycles. The number of benzene rings is 3. The molecular formula is C32H20F9N2PS3. The molecule has 2 nitrogen and oxygen atoms in total. The van der Waals surface area contributed by atoms with Gasteiger partial charge in [0.15, 0.2) is 5.41 Å². The van der Waals surface area contributed by atoms with Crippen LogP contribution in [0.4, 0.5) is 39.5 Å². The van der Waals surface area contributed by atoms with Gasteiger partial charge in [0.1, 0.15) is 22.7 Å². The number of halogens is 9. The predicted octanol–water partition coefficient (Wildman–Crippen LogP) is 12.2. The molecule has 15 heteroatoms. The van der Waals surface area contributed by atoms with Crippen molar-refractivity contribution in [1.82, 2.24) is 8.75 Å². The van der Waals surface area contributed by atoms with Crippen LogP contribution in [0.1, 0.15) is 25.0 Å². The zero-order chi connectivity index (χ0) is 34.1. The summed E-state index contributed by atoms with van der Waals surface area (Å²) in [6, 6.07) is 15.2. The van der Waals surface area contributed by atoms with Gasteiger partial charge in [0.2, 0.25) is 0 Å². The van der Waals surface area contributed by atoms with Gasteiger partial charge in [-0.15, -0.1) is 22.7 Å². The number of hydrogen-bond acceptors (Lipinski definition) is 5. The lowest BCUT2D eigenvalue weighted by atomic mass is 10.0. The van der Waals surface area contributed by atoms with E-state index in [0.717, 1.165) is 41.3 Å². The summed E-state index contributed by atoms with van der Waals surface area (Å²) in [5.41, 5.74) is 0.456. The monoisotopic (exact) mass is 730 g/mol. The third-order valence-electron chi connectivity index (χ3n) is 7.52. The number of hydrogen-bond donors (Lipinski definition) is 0. The van der Waals surface area contributed by atoms with E-state index in [1.807, 2.05) is 0 Å². The maximum atomic E-state index is 15.0. The smallest absolute Gasteiger partial charge is 0.233 e. The van der Waals surface area contributed by atoms with Crippen LogP contribution in [0.5, 0.6) is 0 Å². The van der Waals surface area contributed by atoms with Crippen molar-refractivity contribution >= 4 is 54.7 Å². The van der Waals surface area contributed by atoms with E-state index in [0.29, 0.717) is 60.7 Å². The minimum atomic E-state index is -4.55. The summed E-state index contributed by atoms with van der Waals surface area (Å²) in [5, 5.41) is -2.97. The van der Waals surface area contributed by atoms with Gasteiger partial charge in [0, 0.05) is 59.8 Å². The highest BCUT2D eigenvalue weighted by Gasteiger charge is 2.53. The summed E-state index contributed by atoms with van der Waals surface area (Å²) < 4.78 is 137. The van der Waals surface area contributed by atoms with Gasteiger partial charge in [-0.05, 0) is 43.3 Å². The fraction of sp³-hybridized carbons (Fsp3) is 0.188. The highest BCUT2D eigenvalue weighted by Crippen LogP contribution is 2.48. The number of fused-ring (bicyclic) bond motifs is 1. The normalized spacial score (nSPS) is 14.1. The third kappa shape index (κ3) is 5.87. The fourth-order valence-corrected chi connectivity index (χ4v) is 7.73. The van der Waals surface area contributed by atoms with Crippen molar-refractivity contribution in [2.75, 3.05) is 0 Å². The van der Waals surface area contributed by atoms with Crippen LogP contribution in [-0.4, -0.2) is 20.1 Å². The molecule has 0 aliphatic rings. The summed E-state index contributed by atoms with van der Waals surface area (Å²) in [6.07, 6.45) is 0. The van der Waals surface area contributed by atoms with Gasteiger partial charge in [-0.3, -0.25) is 0 Å². The number of nitrogens with zero attached hydrogens (tertiary/aromatic N) is 2. The Bertz CT molecular complexity index is 1980. The molecular weight excluding hydrogens is 711 g/mol. The molecule has 0 spiro atoms. The summed E-state index contributed by atoms with van der Waals surface area (Å²) >= 11 is 3.28. The largest absolute Gasteiger partial charge is 0.335 e. The highest BCUT2D eigenvalue weighted by atomic mass is 32.1. The molecule has 3 aromatic heterocycles. The topological polar surface area (TPSA) is 25.8 Å². The standard InChI is InChI=1S/C32H20F9N2PS3/c1-29(35,36)31(38,39)15-3-5-17(21(33)13-15)23-9-11-25(45-23)19-7-8-20(28-27(19)42-47-43-28)26-12-10-24(46-26)18-6-4-16(14-22(18)34)32(40,41)30(2,37)44/h3-14H,44H2,1-2H3. The molecule has 0 aliphatic carbocycles. The van der Waals surface area contributed by atoms with E-state index in [2.05, 4.69) is 8.75 Å². The molecule has 2 unspecified atom stereocenters. The molecule has 6 aromatic rings. The van der Waals surface area contributed by atoms with E-state index >= 15 is 4.39 Å². The van der Waals surface area contributed by atoms with Gasteiger partial charge in [-0.2, -0.15) is 35.1 Å². The van der Waals surface area contributed by atoms with E-state index in [4.69, 9.17) is 0 Å². The Morgan fingerprint density at radius 3 is 1.26 bits per heavy atom. The van der Waals surface area contributed by atoms with Crippen LogP contribution in [0.15, 0.2) is 72.8 Å². The molecule has 3 aromatic carbocycles. The van der Waals surface area contributed by atoms with E-state index in [1.165, 1.54) is 26.6 Å². The Morgan fingerprint density at radius 1 is 0.532 bits per heavy atom. The van der Waals surface area contributed by atoms with Crippen LogP contribution >= 0.6 is 43.6 Å². The number of alkyl halides is 7. The molecule has 0 radical (unpaired) electrons. The van der Waals surface area contributed by atoms with Gasteiger partial charge in [-0.25, -0.2) is 13.2 Å².